The highest BCUT2D eigenvalue weighted by molar-refractivity contribution is 5.80. The van der Waals surface area contributed by atoms with E-state index in [2.05, 4.69) is 82.1 Å². The number of aryl methyl sites for hydroxylation is 2. The number of aliphatic imine (C=N–C) groups is 1. The molecule has 7 heteroatoms. The molecule has 1 aliphatic heterocycles. The Morgan fingerprint density at radius 3 is 2.67 bits per heavy atom. The molecule has 3 rings (SSSR count). The van der Waals surface area contributed by atoms with Crippen molar-refractivity contribution in [3.05, 3.63) is 47.5 Å². The molecule has 0 spiro atoms. The van der Waals surface area contributed by atoms with Crippen LogP contribution in [0.1, 0.15) is 75.8 Å². The van der Waals surface area contributed by atoms with Crippen LogP contribution in [0.5, 0.6) is 0 Å². The van der Waals surface area contributed by atoms with Crippen molar-refractivity contribution >= 4 is 5.96 Å². The number of benzene rings is 1. The summed E-state index contributed by atoms with van der Waals surface area (Å²) in [6.07, 6.45) is 4.19. The lowest BCUT2D eigenvalue weighted by molar-refractivity contribution is 0.270. The molecule has 0 saturated heterocycles. The average Bonchev–Trinajstić information content (AvgIpc) is 3.17. The highest BCUT2D eigenvalue weighted by Crippen LogP contribution is 2.24. The molecule has 7 nitrogen and oxygen atoms in total. The zero-order chi connectivity index (χ0) is 21.6. The van der Waals surface area contributed by atoms with Crippen LogP contribution < -0.4 is 16.0 Å². The monoisotopic (exact) mass is 411 g/mol. The number of hydrogen-bond acceptors (Lipinski definition) is 4. The summed E-state index contributed by atoms with van der Waals surface area (Å²) in [6, 6.07) is 11.0. The zero-order valence-corrected chi connectivity index (χ0v) is 19.1. The first-order valence-corrected chi connectivity index (χ1v) is 11.2. The van der Waals surface area contributed by atoms with Gasteiger partial charge in [-0.05, 0) is 45.1 Å². The van der Waals surface area contributed by atoms with Crippen molar-refractivity contribution < 1.29 is 0 Å². The molecule has 3 N–H and O–H groups in total. The molecule has 2 unspecified atom stereocenters. The summed E-state index contributed by atoms with van der Waals surface area (Å²) in [5, 5.41) is 15.5. The highest BCUT2D eigenvalue weighted by Gasteiger charge is 2.29. The van der Waals surface area contributed by atoms with Crippen molar-refractivity contribution in [3.8, 4) is 0 Å². The lowest BCUT2D eigenvalue weighted by atomic mass is 9.90. The van der Waals surface area contributed by atoms with Crippen LogP contribution in [-0.2, 0) is 6.54 Å². The van der Waals surface area contributed by atoms with Gasteiger partial charge in [0.25, 0.3) is 0 Å². The van der Waals surface area contributed by atoms with Gasteiger partial charge in [-0.1, -0.05) is 44.2 Å². The Balaban J connectivity index is 1.64. The van der Waals surface area contributed by atoms with Gasteiger partial charge in [0, 0.05) is 31.7 Å². The molecule has 2 aromatic rings. The highest BCUT2D eigenvalue weighted by atomic mass is 15.4. The van der Waals surface area contributed by atoms with Gasteiger partial charge < -0.3 is 16.0 Å². The lowest BCUT2D eigenvalue weighted by Crippen LogP contribution is -2.55. The summed E-state index contributed by atoms with van der Waals surface area (Å²) >= 11 is 0. The Kier molecular flexibility index (Phi) is 7.48. The second-order valence-corrected chi connectivity index (χ2v) is 8.27. The van der Waals surface area contributed by atoms with Crippen LogP contribution in [0.2, 0.25) is 0 Å². The van der Waals surface area contributed by atoms with E-state index in [1.807, 2.05) is 18.7 Å². The van der Waals surface area contributed by atoms with Crippen molar-refractivity contribution in [1.29, 1.82) is 0 Å². The molecule has 0 amide bonds. The van der Waals surface area contributed by atoms with Gasteiger partial charge in [-0.2, -0.15) is 5.10 Å². The van der Waals surface area contributed by atoms with Crippen LogP contribution in [0.25, 0.3) is 0 Å². The molecule has 1 aromatic heterocycles. The maximum atomic E-state index is 4.63. The summed E-state index contributed by atoms with van der Waals surface area (Å²) in [5.41, 5.74) is 1.29. The molecule has 0 fully saturated rings. The molecular weight excluding hydrogens is 374 g/mol. The van der Waals surface area contributed by atoms with Gasteiger partial charge in [0.05, 0.1) is 6.04 Å². The fourth-order valence-electron chi connectivity index (χ4n) is 4.26. The predicted octanol–water partition coefficient (Wildman–Crippen LogP) is 3.50. The van der Waals surface area contributed by atoms with Gasteiger partial charge in [0.2, 0.25) is 0 Å². The molecule has 1 aromatic carbocycles. The molecule has 0 bridgehead atoms. The van der Waals surface area contributed by atoms with Gasteiger partial charge in [-0.3, -0.25) is 4.99 Å². The smallest absolute Gasteiger partial charge is 0.191 e. The molecule has 164 valence electrons. The first-order valence-electron chi connectivity index (χ1n) is 11.2. The number of rotatable bonds is 8. The van der Waals surface area contributed by atoms with Gasteiger partial charge in [0.1, 0.15) is 11.6 Å². The number of aromatic nitrogens is 3. The summed E-state index contributed by atoms with van der Waals surface area (Å²) in [4.78, 5) is 9.11. The third kappa shape index (κ3) is 5.19. The van der Waals surface area contributed by atoms with Crippen LogP contribution in [0.4, 0.5) is 0 Å². The van der Waals surface area contributed by atoms with Crippen LogP contribution >= 0.6 is 0 Å². The minimum atomic E-state index is -0.0178. The maximum Gasteiger partial charge on any atom is 0.191 e. The van der Waals surface area contributed by atoms with E-state index in [1.165, 1.54) is 5.56 Å². The molecule has 30 heavy (non-hydrogen) atoms. The van der Waals surface area contributed by atoms with E-state index in [-0.39, 0.29) is 17.6 Å². The molecule has 0 saturated carbocycles. The topological polar surface area (TPSA) is 79.2 Å². The normalized spacial score (nSPS) is 18.0. The number of hydrogen-bond donors (Lipinski definition) is 3. The molecule has 0 aliphatic carbocycles. The Hall–Kier alpha value is -2.41. The van der Waals surface area contributed by atoms with Crippen molar-refractivity contribution in [1.82, 2.24) is 30.7 Å². The van der Waals surface area contributed by atoms with E-state index in [0.29, 0.717) is 0 Å². The van der Waals surface area contributed by atoms with E-state index in [9.17, 15) is 0 Å². The minimum absolute atomic E-state index is 0.0178. The lowest BCUT2D eigenvalue weighted by Gasteiger charge is -2.37. The first kappa shape index (κ1) is 22.3. The number of nitrogens with zero attached hydrogens (tertiary/aromatic N) is 4. The fraction of sp³-hybridized carbons (Fsp3) is 0.609. The average molecular weight is 412 g/mol. The molecule has 0 radical (unpaired) electrons. The van der Waals surface area contributed by atoms with Crippen molar-refractivity contribution in [2.45, 2.75) is 77.5 Å². The first-order chi connectivity index (χ1) is 14.5. The second kappa shape index (κ2) is 10.1. The summed E-state index contributed by atoms with van der Waals surface area (Å²) in [6.45, 7) is 10.4. The summed E-state index contributed by atoms with van der Waals surface area (Å²) in [7, 11) is 1.83. The molecule has 2 atom stereocenters. The van der Waals surface area contributed by atoms with Gasteiger partial charge in [-0.15, -0.1) is 0 Å². The quantitative estimate of drug-likeness (QED) is 0.458. The standard InChI is InChI=1S/C23H37N7/c1-6-23(7-2,28-17(3)19-12-9-8-10-13-19)16-25-22(24-5)27-20-14-11-15-30-21(20)26-18(4)29-30/h8-10,12-13,17,20,28H,6-7,11,14-16H2,1-5H3,(H2,24,25,27). The Morgan fingerprint density at radius 1 is 1.27 bits per heavy atom. The van der Waals surface area contributed by atoms with Crippen LogP contribution in [0, 0.1) is 6.92 Å². The Bertz CT molecular complexity index is 823. The largest absolute Gasteiger partial charge is 0.355 e. The minimum Gasteiger partial charge on any atom is -0.355 e. The third-order valence-electron chi connectivity index (χ3n) is 6.29. The van der Waals surface area contributed by atoms with Crippen LogP contribution in [-0.4, -0.2) is 39.9 Å². The molecule has 2 heterocycles. The van der Waals surface area contributed by atoms with Gasteiger partial charge in [0.15, 0.2) is 5.96 Å². The van der Waals surface area contributed by atoms with E-state index in [4.69, 9.17) is 0 Å². The van der Waals surface area contributed by atoms with Crippen LogP contribution in [0.15, 0.2) is 35.3 Å². The number of nitrogens with one attached hydrogen (secondary N) is 3. The van der Waals surface area contributed by atoms with Gasteiger partial charge in [-0.25, -0.2) is 9.67 Å². The van der Waals surface area contributed by atoms with E-state index in [0.717, 1.165) is 56.4 Å². The van der Waals surface area contributed by atoms with E-state index >= 15 is 0 Å². The SMILES string of the molecule is CCC(CC)(CNC(=NC)NC1CCCn2nc(C)nc21)NC(C)c1ccccc1. The van der Waals surface area contributed by atoms with E-state index in [1.54, 1.807) is 0 Å². The maximum absolute atomic E-state index is 4.63. The second-order valence-electron chi connectivity index (χ2n) is 8.27. The Morgan fingerprint density at radius 2 is 2.00 bits per heavy atom. The third-order valence-corrected chi connectivity index (χ3v) is 6.29. The number of fused-ring (bicyclic) bond motifs is 1. The number of guanidine groups is 1. The summed E-state index contributed by atoms with van der Waals surface area (Å²) < 4.78 is 2.02. The van der Waals surface area contributed by atoms with Gasteiger partial charge >= 0.3 is 0 Å². The van der Waals surface area contributed by atoms with E-state index < -0.39 is 0 Å². The summed E-state index contributed by atoms with van der Waals surface area (Å²) in [5.74, 6) is 2.65. The Labute approximate surface area is 180 Å². The molecule has 1 aliphatic rings. The van der Waals surface area contributed by atoms with Crippen LogP contribution in [0.3, 0.4) is 0 Å². The predicted molar refractivity (Wildman–Crippen MR) is 123 cm³/mol. The van der Waals surface area contributed by atoms with Crippen molar-refractivity contribution in [3.63, 3.8) is 0 Å². The fourth-order valence-corrected chi connectivity index (χ4v) is 4.26. The zero-order valence-electron chi connectivity index (χ0n) is 19.1. The molecular formula is C23H37N7. The van der Waals surface area contributed by atoms with Crippen molar-refractivity contribution in [2.24, 2.45) is 4.99 Å². The van der Waals surface area contributed by atoms with Crippen molar-refractivity contribution in [2.75, 3.05) is 13.6 Å².